The SMILES string of the molecule is O=C(/C=C/c1ccc2c(c1)OCO2)N1CCN(Cc2nc(-c3ccco3)cs2)CC1. The Kier molecular flexibility index (Phi) is 5.25. The highest BCUT2D eigenvalue weighted by molar-refractivity contribution is 7.09. The van der Waals surface area contributed by atoms with Crippen molar-refractivity contribution in [2.45, 2.75) is 6.54 Å². The zero-order chi connectivity index (χ0) is 20.3. The Morgan fingerprint density at radius 1 is 1.13 bits per heavy atom. The molecule has 2 aromatic heterocycles. The van der Waals surface area contributed by atoms with Crippen molar-refractivity contribution in [1.29, 1.82) is 0 Å². The van der Waals surface area contributed by atoms with Crippen LogP contribution >= 0.6 is 11.3 Å². The van der Waals surface area contributed by atoms with Gasteiger partial charge in [-0.2, -0.15) is 0 Å². The Balaban J connectivity index is 1.13. The second-order valence-corrected chi connectivity index (χ2v) is 8.09. The van der Waals surface area contributed by atoms with Gasteiger partial charge in [0.2, 0.25) is 12.7 Å². The van der Waals surface area contributed by atoms with Gasteiger partial charge in [-0.05, 0) is 35.9 Å². The zero-order valence-electron chi connectivity index (χ0n) is 16.3. The molecule has 30 heavy (non-hydrogen) atoms. The van der Waals surface area contributed by atoms with Gasteiger partial charge in [0.05, 0.1) is 12.8 Å². The van der Waals surface area contributed by atoms with E-state index < -0.39 is 0 Å². The summed E-state index contributed by atoms with van der Waals surface area (Å²) in [4.78, 5) is 21.4. The summed E-state index contributed by atoms with van der Waals surface area (Å²) in [6.07, 6.45) is 5.11. The number of ether oxygens (including phenoxy) is 2. The van der Waals surface area contributed by atoms with Gasteiger partial charge < -0.3 is 18.8 Å². The minimum Gasteiger partial charge on any atom is -0.463 e. The first kappa shape index (κ1) is 18.9. The smallest absolute Gasteiger partial charge is 0.246 e. The number of carbonyl (C=O) groups is 1. The fourth-order valence-corrected chi connectivity index (χ4v) is 4.35. The van der Waals surface area contributed by atoms with E-state index in [0.717, 1.165) is 53.2 Å². The van der Waals surface area contributed by atoms with Crippen LogP contribution in [-0.4, -0.2) is 53.7 Å². The Bertz CT molecular complexity index is 1050. The fraction of sp³-hybridized carbons (Fsp3) is 0.273. The lowest BCUT2D eigenvalue weighted by Crippen LogP contribution is -2.47. The van der Waals surface area contributed by atoms with Crippen molar-refractivity contribution >= 4 is 23.3 Å². The van der Waals surface area contributed by atoms with E-state index in [1.54, 1.807) is 23.7 Å². The highest BCUT2D eigenvalue weighted by Gasteiger charge is 2.21. The van der Waals surface area contributed by atoms with Gasteiger partial charge in [-0.25, -0.2) is 4.98 Å². The van der Waals surface area contributed by atoms with Gasteiger partial charge in [-0.3, -0.25) is 9.69 Å². The van der Waals surface area contributed by atoms with Crippen LogP contribution in [0.1, 0.15) is 10.6 Å². The number of aromatic nitrogens is 1. The van der Waals surface area contributed by atoms with Crippen molar-refractivity contribution in [2.24, 2.45) is 0 Å². The van der Waals surface area contributed by atoms with Crippen LogP contribution < -0.4 is 9.47 Å². The number of thiazole rings is 1. The summed E-state index contributed by atoms with van der Waals surface area (Å²) < 4.78 is 16.1. The molecule has 2 aliphatic rings. The van der Waals surface area contributed by atoms with E-state index >= 15 is 0 Å². The molecule has 0 aliphatic carbocycles. The highest BCUT2D eigenvalue weighted by atomic mass is 32.1. The van der Waals surface area contributed by atoms with E-state index in [-0.39, 0.29) is 12.7 Å². The predicted octanol–water partition coefficient (Wildman–Crippen LogP) is 3.49. The molecule has 7 nitrogen and oxygen atoms in total. The summed E-state index contributed by atoms with van der Waals surface area (Å²) in [6.45, 7) is 4.12. The molecule has 3 aromatic rings. The second kappa shape index (κ2) is 8.33. The Hall–Kier alpha value is -3.10. The monoisotopic (exact) mass is 423 g/mol. The van der Waals surface area contributed by atoms with Gasteiger partial charge in [-0.1, -0.05) is 6.07 Å². The normalized spacial score (nSPS) is 16.5. The van der Waals surface area contributed by atoms with Crippen molar-refractivity contribution in [3.8, 4) is 23.0 Å². The predicted molar refractivity (Wildman–Crippen MR) is 113 cm³/mol. The first-order valence-corrected chi connectivity index (χ1v) is 10.7. The minimum absolute atomic E-state index is 0.0293. The van der Waals surface area contributed by atoms with Crippen molar-refractivity contribution < 1.29 is 18.7 Å². The number of benzene rings is 1. The van der Waals surface area contributed by atoms with Crippen molar-refractivity contribution in [2.75, 3.05) is 33.0 Å². The van der Waals surface area contributed by atoms with Gasteiger partial charge in [-0.15, -0.1) is 11.3 Å². The molecular formula is C22H21N3O4S. The first-order valence-electron chi connectivity index (χ1n) is 9.82. The van der Waals surface area contributed by atoms with Gasteiger partial charge in [0.15, 0.2) is 17.3 Å². The lowest BCUT2D eigenvalue weighted by atomic mass is 10.2. The van der Waals surface area contributed by atoms with Crippen LogP contribution in [0.5, 0.6) is 11.5 Å². The number of fused-ring (bicyclic) bond motifs is 1. The van der Waals surface area contributed by atoms with E-state index in [4.69, 9.17) is 13.9 Å². The van der Waals surface area contributed by atoms with Gasteiger partial charge in [0.25, 0.3) is 0 Å². The standard InChI is InChI=1S/C22H21N3O4S/c26-22(6-4-16-3-5-19-20(12-16)29-15-28-19)25-9-7-24(8-10-25)13-21-23-17(14-30-21)18-2-1-11-27-18/h1-6,11-12,14H,7-10,13,15H2/b6-4+. The Morgan fingerprint density at radius 3 is 2.83 bits per heavy atom. The number of piperazine rings is 1. The van der Waals surface area contributed by atoms with Crippen LogP contribution in [0.3, 0.4) is 0 Å². The summed E-state index contributed by atoms with van der Waals surface area (Å²) in [5.41, 5.74) is 1.80. The largest absolute Gasteiger partial charge is 0.463 e. The van der Waals surface area contributed by atoms with Crippen LogP contribution in [0.2, 0.25) is 0 Å². The number of rotatable bonds is 5. The molecule has 0 spiro atoms. The van der Waals surface area contributed by atoms with Crippen molar-refractivity contribution in [3.63, 3.8) is 0 Å². The average molecular weight is 423 g/mol. The van der Waals surface area contributed by atoms with Crippen LogP contribution in [-0.2, 0) is 11.3 Å². The van der Waals surface area contributed by atoms with Gasteiger partial charge >= 0.3 is 0 Å². The number of amides is 1. The molecule has 0 radical (unpaired) electrons. The summed E-state index contributed by atoms with van der Waals surface area (Å²) >= 11 is 1.64. The topological polar surface area (TPSA) is 68.0 Å². The number of carbonyl (C=O) groups excluding carboxylic acids is 1. The van der Waals surface area contributed by atoms with Gasteiger partial charge in [0, 0.05) is 37.6 Å². The third-order valence-electron chi connectivity index (χ3n) is 5.18. The molecule has 5 rings (SSSR count). The maximum absolute atomic E-state index is 12.5. The van der Waals surface area contributed by atoms with E-state index in [1.165, 1.54) is 0 Å². The molecule has 0 atom stereocenters. The van der Waals surface area contributed by atoms with Crippen LogP contribution in [0.4, 0.5) is 0 Å². The molecule has 0 saturated carbocycles. The van der Waals surface area contributed by atoms with Crippen molar-refractivity contribution in [1.82, 2.24) is 14.8 Å². The molecular weight excluding hydrogens is 402 g/mol. The fourth-order valence-electron chi connectivity index (χ4n) is 3.53. The van der Waals surface area contributed by atoms with E-state index in [1.807, 2.05) is 46.7 Å². The van der Waals surface area contributed by atoms with Gasteiger partial charge in [0.1, 0.15) is 10.7 Å². The van der Waals surface area contributed by atoms with Crippen molar-refractivity contribution in [3.05, 3.63) is 58.6 Å². The maximum Gasteiger partial charge on any atom is 0.246 e. The van der Waals surface area contributed by atoms with E-state index in [9.17, 15) is 4.79 Å². The third kappa shape index (κ3) is 4.10. The summed E-state index contributed by atoms with van der Waals surface area (Å²) in [7, 11) is 0. The minimum atomic E-state index is 0.0293. The molecule has 1 saturated heterocycles. The summed E-state index contributed by atoms with van der Waals surface area (Å²) in [5.74, 6) is 2.28. The molecule has 0 unspecified atom stereocenters. The molecule has 0 bridgehead atoms. The summed E-state index contributed by atoms with van der Waals surface area (Å²) in [5, 5.41) is 3.08. The third-order valence-corrected chi connectivity index (χ3v) is 6.02. The lowest BCUT2D eigenvalue weighted by molar-refractivity contribution is -0.127. The quantitative estimate of drug-likeness (QED) is 0.585. The average Bonchev–Trinajstić information content (AvgIpc) is 3.53. The Labute approximate surface area is 178 Å². The molecule has 2 aliphatic heterocycles. The van der Waals surface area contributed by atoms with E-state index in [2.05, 4.69) is 9.88 Å². The second-order valence-electron chi connectivity index (χ2n) is 7.15. The zero-order valence-corrected chi connectivity index (χ0v) is 17.1. The van der Waals surface area contributed by atoms with E-state index in [0.29, 0.717) is 13.1 Å². The molecule has 4 heterocycles. The molecule has 1 fully saturated rings. The van der Waals surface area contributed by atoms with Crippen LogP contribution in [0.15, 0.2) is 52.5 Å². The number of hydrogen-bond acceptors (Lipinski definition) is 7. The lowest BCUT2D eigenvalue weighted by Gasteiger charge is -2.33. The maximum atomic E-state index is 12.5. The number of nitrogens with zero attached hydrogens (tertiary/aromatic N) is 3. The molecule has 1 aromatic carbocycles. The number of hydrogen-bond donors (Lipinski definition) is 0. The molecule has 8 heteroatoms. The molecule has 154 valence electrons. The number of furan rings is 1. The van der Waals surface area contributed by atoms with Crippen LogP contribution in [0.25, 0.3) is 17.5 Å². The summed E-state index contributed by atoms with van der Waals surface area (Å²) in [6, 6.07) is 9.45. The van der Waals surface area contributed by atoms with Crippen LogP contribution in [0, 0.1) is 0 Å². The highest BCUT2D eigenvalue weighted by Crippen LogP contribution is 2.32. The molecule has 0 N–H and O–H groups in total. The first-order chi connectivity index (χ1) is 14.7. The Morgan fingerprint density at radius 2 is 2.00 bits per heavy atom. The molecule has 1 amide bonds.